The molecular weight excluding hydrogens is 304 g/mol. The van der Waals surface area contributed by atoms with Gasteiger partial charge in [0.25, 0.3) is 5.91 Å². The van der Waals surface area contributed by atoms with E-state index in [0.29, 0.717) is 23.9 Å². The molecule has 1 aromatic carbocycles. The summed E-state index contributed by atoms with van der Waals surface area (Å²) in [6, 6.07) is 9.65. The third-order valence-corrected chi connectivity index (χ3v) is 3.38. The fourth-order valence-electron chi connectivity index (χ4n) is 2.35. The number of carbonyl (C=O) groups excluding carboxylic acids is 1. The number of benzene rings is 1. The van der Waals surface area contributed by atoms with Gasteiger partial charge in [0.15, 0.2) is 0 Å². The summed E-state index contributed by atoms with van der Waals surface area (Å²) in [7, 11) is 1.67. The van der Waals surface area contributed by atoms with E-state index in [0.717, 1.165) is 17.7 Å². The minimum absolute atomic E-state index is 0.0646. The zero-order chi connectivity index (χ0) is 17.5. The van der Waals surface area contributed by atoms with Crippen molar-refractivity contribution in [2.45, 2.75) is 33.2 Å². The third kappa shape index (κ3) is 4.94. The number of hydrogen-bond acceptors (Lipinski definition) is 5. The van der Waals surface area contributed by atoms with E-state index in [2.05, 4.69) is 20.6 Å². The van der Waals surface area contributed by atoms with E-state index in [1.807, 2.05) is 38.1 Å². The standard InChI is InChI=1S/C18H24N4O2/c1-12(2)20-18(23)15-11-17(22-13(3)21-15)19-10-9-14-7-5-6-8-16(14)24-4/h5-8,11-12H,9-10H2,1-4H3,(H,20,23)(H,19,21,22). The minimum atomic E-state index is -0.191. The van der Waals surface area contributed by atoms with Crippen LogP contribution in [0.3, 0.4) is 0 Å². The summed E-state index contributed by atoms with van der Waals surface area (Å²) >= 11 is 0. The van der Waals surface area contributed by atoms with Crippen LogP contribution in [0, 0.1) is 6.92 Å². The van der Waals surface area contributed by atoms with Crippen LogP contribution in [0.1, 0.15) is 35.7 Å². The molecule has 0 spiro atoms. The molecule has 0 unspecified atom stereocenters. The first kappa shape index (κ1) is 17.7. The highest BCUT2D eigenvalue weighted by Crippen LogP contribution is 2.17. The van der Waals surface area contributed by atoms with Crippen LogP contribution in [0.4, 0.5) is 5.82 Å². The summed E-state index contributed by atoms with van der Waals surface area (Å²) < 4.78 is 5.35. The molecule has 0 bridgehead atoms. The van der Waals surface area contributed by atoms with Crippen LogP contribution in [0.2, 0.25) is 0 Å². The molecule has 0 saturated carbocycles. The number of rotatable bonds is 7. The monoisotopic (exact) mass is 328 g/mol. The van der Waals surface area contributed by atoms with Crippen LogP contribution in [0.25, 0.3) is 0 Å². The molecule has 0 aliphatic carbocycles. The summed E-state index contributed by atoms with van der Waals surface area (Å²) in [4.78, 5) is 20.6. The molecule has 24 heavy (non-hydrogen) atoms. The summed E-state index contributed by atoms with van der Waals surface area (Å²) in [6.07, 6.45) is 0.792. The van der Waals surface area contributed by atoms with E-state index in [4.69, 9.17) is 4.74 Å². The maximum absolute atomic E-state index is 12.1. The Balaban J connectivity index is 2.02. The fourth-order valence-corrected chi connectivity index (χ4v) is 2.35. The molecule has 2 rings (SSSR count). The zero-order valence-corrected chi connectivity index (χ0v) is 14.6. The number of aryl methyl sites for hydroxylation is 1. The van der Waals surface area contributed by atoms with Gasteiger partial charge in [0.05, 0.1) is 7.11 Å². The van der Waals surface area contributed by atoms with Crippen molar-refractivity contribution in [1.82, 2.24) is 15.3 Å². The molecule has 0 radical (unpaired) electrons. The van der Waals surface area contributed by atoms with Gasteiger partial charge in [-0.05, 0) is 38.8 Å². The summed E-state index contributed by atoms with van der Waals surface area (Å²) in [5, 5.41) is 6.08. The molecular formula is C18H24N4O2. The molecule has 0 aliphatic heterocycles. The Hall–Kier alpha value is -2.63. The summed E-state index contributed by atoms with van der Waals surface area (Å²) in [5.41, 5.74) is 1.49. The van der Waals surface area contributed by atoms with Crippen molar-refractivity contribution in [2.24, 2.45) is 0 Å². The van der Waals surface area contributed by atoms with E-state index in [9.17, 15) is 4.79 Å². The molecule has 128 valence electrons. The third-order valence-electron chi connectivity index (χ3n) is 3.38. The predicted octanol–water partition coefficient (Wildman–Crippen LogP) is 2.59. The normalized spacial score (nSPS) is 10.5. The van der Waals surface area contributed by atoms with E-state index in [1.54, 1.807) is 20.1 Å². The molecule has 0 aliphatic rings. The number of aromatic nitrogens is 2. The largest absolute Gasteiger partial charge is 0.496 e. The first-order chi connectivity index (χ1) is 11.5. The van der Waals surface area contributed by atoms with Gasteiger partial charge in [-0.3, -0.25) is 4.79 Å². The van der Waals surface area contributed by atoms with Crippen molar-refractivity contribution in [2.75, 3.05) is 19.0 Å². The van der Waals surface area contributed by atoms with Gasteiger partial charge in [0.2, 0.25) is 0 Å². The van der Waals surface area contributed by atoms with Crippen LogP contribution in [0.15, 0.2) is 30.3 Å². The highest BCUT2D eigenvalue weighted by molar-refractivity contribution is 5.93. The molecule has 2 N–H and O–H groups in total. The number of para-hydroxylation sites is 1. The number of carbonyl (C=O) groups is 1. The maximum atomic E-state index is 12.1. The van der Waals surface area contributed by atoms with Crippen molar-refractivity contribution in [1.29, 1.82) is 0 Å². The lowest BCUT2D eigenvalue weighted by Gasteiger charge is -2.11. The highest BCUT2D eigenvalue weighted by atomic mass is 16.5. The van der Waals surface area contributed by atoms with Crippen molar-refractivity contribution >= 4 is 11.7 Å². The predicted molar refractivity (Wildman–Crippen MR) is 94.6 cm³/mol. The van der Waals surface area contributed by atoms with E-state index in [-0.39, 0.29) is 11.9 Å². The van der Waals surface area contributed by atoms with E-state index >= 15 is 0 Å². The zero-order valence-electron chi connectivity index (χ0n) is 14.6. The maximum Gasteiger partial charge on any atom is 0.270 e. The Bertz CT molecular complexity index is 701. The Kier molecular flexibility index (Phi) is 6.12. The molecule has 1 amide bonds. The molecule has 1 heterocycles. The van der Waals surface area contributed by atoms with Crippen LogP contribution >= 0.6 is 0 Å². The molecule has 1 aromatic heterocycles. The number of ether oxygens (including phenoxy) is 1. The van der Waals surface area contributed by atoms with Crippen LogP contribution in [-0.2, 0) is 6.42 Å². The topological polar surface area (TPSA) is 76.1 Å². The second-order valence-corrected chi connectivity index (χ2v) is 5.80. The molecule has 6 heteroatoms. The van der Waals surface area contributed by atoms with Gasteiger partial charge in [-0.1, -0.05) is 18.2 Å². The van der Waals surface area contributed by atoms with Crippen molar-refractivity contribution < 1.29 is 9.53 Å². The fraction of sp³-hybridized carbons (Fsp3) is 0.389. The van der Waals surface area contributed by atoms with Gasteiger partial charge in [-0.2, -0.15) is 0 Å². The van der Waals surface area contributed by atoms with Crippen LogP contribution < -0.4 is 15.4 Å². The van der Waals surface area contributed by atoms with Gasteiger partial charge in [0.1, 0.15) is 23.1 Å². The number of methoxy groups -OCH3 is 1. The molecule has 0 atom stereocenters. The Morgan fingerprint density at radius 2 is 2.00 bits per heavy atom. The van der Waals surface area contributed by atoms with Crippen molar-refractivity contribution in [3.8, 4) is 5.75 Å². The lowest BCUT2D eigenvalue weighted by Crippen LogP contribution is -2.31. The molecule has 6 nitrogen and oxygen atoms in total. The number of nitrogens with zero attached hydrogens (tertiary/aromatic N) is 2. The first-order valence-corrected chi connectivity index (χ1v) is 8.02. The summed E-state index contributed by atoms with van der Waals surface area (Å²) in [6.45, 7) is 6.29. The number of nitrogens with one attached hydrogen (secondary N) is 2. The van der Waals surface area contributed by atoms with Crippen LogP contribution in [-0.4, -0.2) is 35.6 Å². The number of hydrogen-bond donors (Lipinski definition) is 2. The summed E-state index contributed by atoms with van der Waals surface area (Å²) in [5.74, 6) is 1.89. The van der Waals surface area contributed by atoms with Gasteiger partial charge < -0.3 is 15.4 Å². The lowest BCUT2D eigenvalue weighted by atomic mass is 10.1. The molecule has 0 fully saturated rings. The van der Waals surface area contributed by atoms with Crippen molar-refractivity contribution in [3.05, 3.63) is 47.4 Å². The number of anilines is 1. The molecule has 2 aromatic rings. The lowest BCUT2D eigenvalue weighted by molar-refractivity contribution is 0.0937. The van der Waals surface area contributed by atoms with E-state index < -0.39 is 0 Å². The Labute approximate surface area is 142 Å². The van der Waals surface area contributed by atoms with Gasteiger partial charge in [0, 0.05) is 18.7 Å². The van der Waals surface area contributed by atoms with Crippen LogP contribution in [0.5, 0.6) is 5.75 Å². The second-order valence-electron chi connectivity index (χ2n) is 5.80. The smallest absolute Gasteiger partial charge is 0.270 e. The quantitative estimate of drug-likeness (QED) is 0.817. The number of amides is 1. The van der Waals surface area contributed by atoms with Gasteiger partial charge >= 0.3 is 0 Å². The second kappa shape index (κ2) is 8.29. The average molecular weight is 328 g/mol. The first-order valence-electron chi connectivity index (χ1n) is 8.02. The Morgan fingerprint density at radius 1 is 1.25 bits per heavy atom. The van der Waals surface area contributed by atoms with Gasteiger partial charge in [-0.25, -0.2) is 9.97 Å². The SMILES string of the molecule is COc1ccccc1CCNc1cc(C(=O)NC(C)C)nc(C)n1. The highest BCUT2D eigenvalue weighted by Gasteiger charge is 2.11. The van der Waals surface area contributed by atoms with E-state index in [1.165, 1.54) is 0 Å². The average Bonchev–Trinajstić information content (AvgIpc) is 2.54. The minimum Gasteiger partial charge on any atom is -0.496 e. The van der Waals surface area contributed by atoms with Crippen molar-refractivity contribution in [3.63, 3.8) is 0 Å². The van der Waals surface area contributed by atoms with Gasteiger partial charge in [-0.15, -0.1) is 0 Å². The molecule has 0 saturated heterocycles. The Morgan fingerprint density at radius 3 is 2.71 bits per heavy atom.